The standard InChI is InChI=1S/C18H39O3P/c1-6-11-13-17(8-3)15-20-22(19,10-5)21-16-18(9-4)14-12-7-2/h17-18H,6-16H2,1-5H3. The Morgan fingerprint density at radius 1 is 0.773 bits per heavy atom. The van der Waals surface area contributed by atoms with E-state index in [9.17, 15) is 4.57 Å². The maximum Gasteiger partial charge on any atom is 0.330 e. The molecule has 0 radical (unpaired) electrons. The van der Waals surface area contributed by atoms with Gasteiger partial charge >= 0.3 is 7.60 Å². The van der Waals surface area contributed by atoms with Gasteiger partial charge in [-0.25, -0.2) is 0 Å². The van der Waals surface area contributed by atoms with Crippen LogP contribution in [0.2, 0.25) is 0 Å². The zero-order chi connectivity index (χ0) is 16.8. The SMILES string of the molecule is CCCCC(CC)COP(=O)(CC)OCC(CC)CCCC. The predicted octanol–water partition coefficient (Wildman–Crippen LogP) is 6.67. The Morgan fingerprint density at radius 2 is 1.18 bits per heavy atom. The molecule has 4 heteroatoms. The molecule has 0 saturated carbocycles. The Labute approximate surface area is 139 Å². The second-order valence-corrected chi connectivity index (χ2v) is 8.72. The molecule has 0 bridgehead atoms. The van der Waals surface area contributed by atoms with Gasteiger partial charge in [-0.05, 0) is 24.7 Å². The molecule has 0 aromatic rings. The Morgan fingerprint density at radius 3 is 1.45 bits per heavy atom. The van der Waals surface area contributed by atoms with Crippen molar-refractivity contribution in [1.82, 2.24) is 0 Å². The zero-order valence-corrected chi connectivity index (χ0v) is 16.5. The monoisotopic (exact) mass is 334 g/mol. The van der Waals surface area contributed by atoms with E-state index in [0.717, 1.165) is 25.7 Å². The van der Waals surface area contributed by atoms with E-state index in [1.807, 2.05) is 6.92 Å². The third kappa shape index (κ3) is 10.0. The molecule has 0 aliphatic rings. The van der Waals surface area contributed by atoms with Gasteiger partial charge in [0.2, 0.25) is 0 Å². The molecule has 0 saturated heterocycles. The lowest BCUT2D eigenvalue weighted by atomic mass is 10.0. The van der Waals surface area contributed by atoms with E-state index >= 15 is 0 Å². The lowest BCUT2D eigenvalue weighted by molar-refractivity contribution is 0.152. The van der Waals surface area contributed by atoms with Crippen LogP contribution in [0.3, 0.4) is 0 Å². The number of rotatable bonds is 15. The van der Waals surface area contributed by atoms with Crippen LogP contribution in [-0.4, -0.2) is 19.4 Å². The molecule has 0 aliphatic heterocycles. The average molecular weight is 334 g/mol. The molecule has 0 aliphatic carbocycles. The van der Waals surface area contributed by atoms with Crippen molar-refractivity contribution in [3.05, 3.63) is 0 Å². The molecule has 2 unspecified atom stereocenters. The summed E-state index contributed by atoms with van der Waals surface area (Å²) in [6.07, 6.45) is 9.79. The summed E-state index contributed by atoms with van der Waals surface area (Å²) < 4.78 is 24.2. The molecule has 22 heavy (non-hydrogen) atoms. The highest BCUT2D eigenvalue weighted by Crippen LogP contribution is 2.49. The van der Waals surface area contributed by atoms with Crippen LogP contribution in [0.15, 0.2) is 0 Å². The fraction of sp³-hybridized carbons (Fsp3) is 1.00. The molecule has 3 nitrogen and oxygen atoms in total. The topological polar surface area (TPSA) is 35.5 Å². The summed E-state index contributed by atoms with van der Waals surface area (Å²) in [5.74, 6) is 1.01. The highest BCUT2D eigenvalue weighted by atomic mass is 31.2. The second-order valence-electron chi connectivity index (χ2n) is 6.35. The van der Waals surface area contributed by atoms with Crippen LogP contribution in [0.1, 0.15) is 86.0 Å². The van der Waals surface area contributed by atoms with Crippen LogP contribution in [0.5, 0.6) is 0 Å². The van der Waals surface area contributed by atoms with E-state index in [1.54, 1.807) is 0 Å². The summed E-state index contributed by atoms with van der Waals surface area (Å²) in [7, 11) is -2.90. The largest absolute Gasteiger partial charge is 0.330 e. The molecule has 0 aromatic heterocycles. The maximum absolute atomic E-state index is 12.7. The minimum atomic E-state index is -2.90. The molecular formula is C18H39O3P. The van der Waals surface area contributed by atoms with Crippen molar-refractivity contribution >= 4 is 7.60 Å². The van der Waals surface area contributed by atoms with E-state index in [-0.39, 0.29) is 0 Å². The smallest absolute Gasteiger partial charge is 0.308 e. The van der Waals surface area contributed by atoms with Crippen molar-refractivity contribution in [1.29, 1.82) is 0 Å². The van der Waals surface area contributed by atoms with Gasteiger partial charge in [0.1, 0.15) is 0 Å². The number of hydrogen-bond acceptors (Lipinski definition) is 3. The average Bonchev–Trinajstić information content (AvgIpc) is 2.55. The van der Waals surface area contributed by atoms with Gasteiger partial charge in [-0.15, -0.1) is 0 Å². The summed E-state index contributed by atoms with van der Waals surface area (Å²) in [5, 5.41) is 0. The minimum absolute atomic E-state index is 0.474. The van der Waals surface area contributed by atoms with Crippen LogP contribution in [0.25, 0.3) is 0 Å². The van der Waals surface area contributed by atoms with Crippen LogP contribution in [0, 0.1) is 11.8 Å². The lowest BCUT2D eigenvalue weighted by Crippen LogP contribution is -2.13. The van der Waals surface area contributed by atoms with Crippen molar-refractivity contribution in [3.8, 4) is 0 Å². The molecule has 0 rings (SSSR count). The second kappa shape index (κ2) is 13.6. The van der Waals surface area contributed by atoms with Crippen molar-refractivity contribution in [2.75, 3.05) is 19.4 Å². The van der Waals surface area contributed by atoms with Crippen LogP contribution in [-0.2, 0) is 13.6 Å². The molecule has 0 aromatic carbocycles. The van der Waals surface area contributed by atoms with Crippen molar-refractivity contribution in [2.45, 2.75) is 86.0 Å². The maximum atomic E-state index is 12.7. The van der Waals surface area contributed by atoms with Gasteiger partial charge in [-0.1, -0.05) is 73.1 Å². The quantitative estimate of drug-likeness (QED) is 0.314. The Kier molecular flexibility index (Phi) is 13.7. The summed E-state index contributed by atoms with van der Waals surface area (Å²) in [4.78, 5) is 0. The first-order chi connectivity index (χ1) is 10.5. The van der Waals surface area contributed by atoms with Crippen LogP contribution < -0.4 is 0 Å². The molecule has 2 atom stereocenters. The fourth-order valence-corrected chi connectivity index (χ4v) is 3.77. The Bertz CT molecular complexity index is 270. The Hall–Kier alpha value is 0.150. The lowest BCUT2D eigenvalue weighted by Gasteiger charge is -2.23. The van der Waals surface area contributed by atoms with Crippen LogP contribution in [0.4, 0.5) is 0 Å². The van der Waals surface area contributed by atoms with E-state index in [1.165, 1.54) is 25.7 Å². The number of unbranched alkanes of at least 4 members (excludes halogenated alkanes) is 2. The van der Waals surface area contributed by atoms with Gasteiger partial charge in [0.25, 0.3) is 0 Å². The molecule has 0 amide bonds. The number of hydrogen-bond donors (Lipinski definition) is 0. The van der Waals surface area contributed by atoms with Crippen molar-refractivity contribution in [3.63, 3.8) is 0 Å². The third-order valence-corrected chi connectivity index (χ3v) is 6.35. The summed E-state index contributed by atoms with van der Waals surface area (Å²) >= 11 is 0. The van der Waals surface area contributed by atoms with Crippen molar-refractivity contribution in [2.24, 2.45) is 11.8 Å². The van der Waals surface area contributed by atoms with Gasteiger partial charge in [0.15, 0.2) is 0 Å². The highest BCUT2D eigenvalue weighted by molar-refractivity contribution is 7.53. The van der Waals surface area contributed by atoms with E-state index in [4.69, 9.17) is 9.05 Å². The zero-order valence-electron chi connectivity index (χ0n) is 15.6. The Balaban J connectivity index is 4.29. The molecule has 0 heterocycles. The predicted molar refractivity (Wildman–Crippen MR) is 96.7 cm³/mol. The van der Waals surface area contributed by atoms with Crippen molar-refractivity contribution < 1.29 is 13.6 Å². The molecular weight excluding hydrogens is 295 g/mol. The van der Waals surface area contributed by atoms with E-state index < -0.39 is 7.60 Å². The van der Waals surface area contributed by atoms with Gasteiger partial charge in [0.05, 0.1) is 13.2 Å². The summed E-state index contributed by atoms with van der Waals surface area (Å²) in [6, 6.07) is 0. The third-order valence-electron chi connectivity index (χ3n) is 4.49. The van der Waals surface area contributed by atoms with Gasteiger partial charge in [0, 0.05) is 6.16 Å². The minimum Gasteiger partial charge on any atom is -0.308 e. The summed E-state index contributed by atoms with van der Waals surface area (Å²) in [6.45, 7) is 11.8. The molecule has 0 fully saturated rings. The van der Waals surface area contributed by atoms with Gasteiger partial charge < -0.3 is 9.05 Å². The highest BCUT2D eigenvalue weighted by Gasteiger charge is 2.24. The molecule has 0 spiro atoms. The molecule has 134 valence electrons. The van der Waals surface area contributed by atoms with Crippen LogP contribution >= 0.6 is 7.60 Å². The normalized spacial score (nSPS) is 17.1. The summed E-state index contributed by atoms with van der Waals surface area (Å²) in [5.41, 5.74) is 0. The van der Waals surface area contributed by atoms with Gasteiger partial charge in [-0.2, -0.15) is 0 Å². The first-order valence-corrected chi connectivity index (χ1v) is 11.2. The van der Waals surface area contributed by atoms with E-state index in [2.05, 4.69) is 27.7 Å². The fourth-order valence-electron chi connectivity index (χ4n) is 2.45. The first kappa shape index (κ1) is 22.1. The first-order valence-electron chi connectivity index (χ1n) is 9.43. The molecule has 0 N–H and O–H groups in total. The van der Waals surface area contributed by atoms with Gasteiger partial charge in [-0.3, -0.25) is 4.57 Å². The van der Waals surface area contributed by atoms with E-state index in [0.29, 0.717) is 31.2 Å².